The monoisotopic (exact) mass is 314 g/mol. The van der Waals surface area contributed by atoms with Crippen LogP contribution in [0.2, 0.25) is 0 Å². The van der Waals surface area contributed by atoms with E-state index in [0.717, 1.165) is 11.8 Å². The van der Waals surface area contributed by atoms with E-state index in [1.54, 1.807) is 20.8 Å². The van der Waals surface area contributed by atoms with E-state index in [9.17, 15) is 13.2 Å². The van der Waals surface area contributed by atoms with Gasteiger partial charge in [0, 0.05) is 5.92 Å². The number of hydrogen-bond acceptors (Lipinski definition) is 5. The quantitative estimate of drug-likeness (QED) is 0.596. The number of carbonyl (C=O) groups excluding carboxylic acids is 1. The fraction of sp³-hybridized carbons (Fsp3) is 0.533. The van der Waals surface area contributed by atoms with Gasteiger partial charge in [-0.1, -0.05) is 30.3 Å². The molecule has 0 N–H and O–H groups in total. The molecule has 0 aromatic heterocycles. The van der Waals surface area contributed by atoms with Gasteiger partial charge in [0.15, 0.2) is 0 Å². The number of ether oxygens (including phenoxy) is 1. The summed E-state index contributed by atoms with van der Waals surface area (Å²) in [6, 6.07) is 9.18. The van der Waals surface area contributed by atoms with Gasteiger partial charge in [-0.3, -0.25) is 8.98 Å². The van der Waals surface area contributed by atoms with Gasteiger partial charge >= 0.3 is 5.97 Å². The lowest BCUT2D eigenvalue weighted by Gasteiger charge is -2.22. The largest absolute Gasteiger partial charge is 0.460 e. The molecule has 0 saturated carbocycles. The summed E-state index contributed by atoms with van der Waals surface area (Å²) in [4.78, 5) is 11.9. The van der Waals surface area contributed by atoms with Gasteiger partial charge in [0.2, 0.25) is 0 Å². The molecular weight excluding hydrogens is 292 g/mol. The maximum absolute atomic E-state index is 11.9. The van der Waals surface area contributed by atoms with Crippen molar-refractivity contribution >= 4 is 16.1 Å². The zero-order valence-electron chi connectivity index (χ0n) is 12.8. The predicted molar refractivity (Wildman–Crippen MR) is 80.4 cm³/mol. The molecule has 0 bridgehead atoms. The molecule has 0 saturated heterocycles. The number of benzene rings is 1. The molecule has 0 aliphatic heterocycles. The van der Waals surface area contributed by atoms with Crippen molar-refractivity contribution in [2.75, 3.05) is 12.9 Å². The van der Waals surface area contributed by atoms with Crippen molar-refractivity contribution in [3.05, 3.63) is 35.9 Å². The minimum Gasteiger partial charge on any atom is -0.460 e. The van der Waals surface area contributed by atoms with Gasteiger partial charge in [-0.05, 0) is 26.3 Å². The SMILES string of the molecule is CC(C)(C)OC(=O)C[C@@H](COS(C)(=O)=O)c1ccccc1. The molecular formula is C15H22O5S. The number of esters is 1. The molecule has 1 rings (SSSR count). The average Bonchev–Trinajstić information content (AvgIpc) is 2.32. The van der Waals surface area contributed by atoms with E-state index < -0.39 is 15.7 Å². The topological polar surface area (TPSA) is 69.7 Å². The smallest absolute Gasteiger partial charge is 0.307 e. The van der Waals surface area contributed by atoms with E-state index in [4.69, 9.17) is 8.92 Å². The van der Waals surface area contributed by atoms with Crippen LogP contribution in [0.5, 0.6) is 0 Å². The Morgan fingerprint density at radius 1 is 1.19 bits per heavy atom. The average molecular weight is 314 g/mol. The first kappa shape index (κ1) is 17.7. The Bertz CT molecular complexity index is 557. The van der Waals surface area contributed by atoms with Crippen LogP contribution < -0.4 is 0 Å². The molecule has 6 heteroatoms. The van der Waals surface area contributed by atoms with Crippen molar-refractivity contribution in [2.24, 2.45) is 0 Å². The van der Waals surface area contributed by atoms with Crippen LogP contribution in [-0.4, -0.2) is 32.9 Å². The second kappa shape index (κ2) is 7.04. The maximum atomic E-state index is 11.9. The number of carbonyl (C=O) groups is 1. The van der Waals surface area contributed by atoms with Crippen molar-refractivity contribution in [3.63, 3.8) is 0 Å². The summed E-state index contributed by atoms with van der Waals surface area (Å²) in [7, 11) is -3.55. The Labute approximate surface area is 126 Å². The molecule has 0 radical (unpaired) electrons. The van der Waals surface area contributed by atoms with Crippen LogP contribution in [0, 0.1) is 0 Å². The first-order valence-electron chi connectivity index (χ1n) is 6.68. The third-order valence-corrected chi connectivity index (χ3v) is 3.15. The van der Waals surface area contributed by atoms with Crippen molar-refractivity contribution in [1.82, 2.24) is 0 Å². The molecule has 5 nitrogen and oxygen atoms in total. The van der Waals surface area contributed by atoms with Gasteiger partial charge in [-0.25, -0.2) is 0 Å². The minimum absolute atomic E-state index is 0.0663. The third-order valence-electron chi connectivity index (χ3n) is 2.59. The summed E-state index contributed by atoms with van der Waals surface area (Å²) in [6.07, 6.45) is 1.05. The fourth-order valence-corrected chi connectivity index (χ4v) is 2.20. The van der Waals surface area contributed by atoms with E-state index in [-0.39, 0.29) is 24.9 Å². The van der Waals surface area contributed by atoms with Gasteiger partial charge in [0.1, 0.15) is 5.60 Å². The lowest BCUT2D eigenvalue weighted by atomic mass is 9.97. The number of rotatable bonds is 6. The molecule has 21 heavy (non-hydrogen) atoms. The van der Waals surface area contributed by atoms with Crippen LogP contribution in [0.25, 0.3) is 0 Å². The first-order valence-corrected chi connectivity index (χ1v) is 8.50. The lowest BCUT2D eigenvalue weighted by Crippen LogP contribution is -2.26. The second-order valence-electron chi connectivity index (χ2n) is 5.89. The van der Waals surface area contributed by atoms with Crippen LogP contribution in [0.15, 0.2) is 30.3 Å². The molecule has 1 aromatic carbocycles. The second-order valence-corrected chi connectivity index (χ2v) is 7.53. The Balaban J connectivity index is 2.80. The Kier molecular flexibility index (Phi) is 5.92. The molecule has 0 amide bonds. The van der Waals surface area contributed by atoms with E-state index in [2.05, 4.69) is 0 Å². The molecule has 0 aliphatic rings. The number of hydrogen-bond donors (Lipinski definition) is 0. The van der Waals surface area contributed by atoms with Crippen molar-refractivity contribution in [1.29, 1.82) is 0 Å². The molecule has 0 spiro atoms. The Hall–Kier alpha value is -1.40. The summed E-state index contributed by atoms with van der Waals surface area (Å²) in [5.74, 6) is -0.746. The van der Waals surface area contributed by atoms with Crippen LogP contribution in [-0.2, 0) is 23.8 Å². The van der Waals surface area contributed by atoms with Crippen molar-refractivity contribution < 1.29 is 22.1 Å². The highest BCUT2D eigenvalue weighted by atomic mass is 32.2. The van der Waals surface area contributed by atoms with Gasteiger partial charge in [-0.2, -0.15) is 8.42 Å². The van der Waals surface area contributed by atoms with E-state index in [1.807, 2.05) is 30.3 Å². The normalized spacial score (nSPS) is 13.7. The zero-order valence-corrected chi connectivity index (χ0v) is 13.6. The fourth-order valence-electron chi connectivity index (χ4n) is 1.79. The Morgan fingerprint density at radius 3 is 2.24 bits per heavy atom. The summed E-state index contributed by atoms with van der Waals surface area (Å²) < 4.78 is 32.4. The van der Waals surface area contributed by atoms with Crippen molar-refractivity contribution in [3.8, 4) is 0 Å². The van der Waals surface area contributed by atoms with Gasteiger partial charge in [0.05, 0.1) is 19.3 Å². The maximum Gasteiger partial charge on any atom is 0.307 e. The third kappa shape index (κ3) is 7.82. The van der Waals surface area contributed by atoms with Crippen LogP contribution in [0.4, 0.5) is 0 Å². The molecule has 1 aromatic rings. The first-order chi connectivity index (χ1) is 9.57. The molecule has 1 atom stereocenters. The molecule has 0 aliphatic carbocycles. The zero-order chi connectivity index (χ0) is 16.1. The molecule has 0 heterocycles. The summed E-state index contributed by atoms with van der Waals surface area (Å²) >= 11 is 0. The standard InChI is InChI=1S/C15H22O5S/c1-15(2,3)20-14(16)10-13(11-19-21(4,17)18)12-8-6-5-7-9-12/h5-9,13H,10-11H2,1-4H3/t13-/m0/s1. The van der Waals surface area contributed by atoms with Gasteiger partial charge in [-0.15, -0.1) is 0 Å². The van der Waals surface area contributed by atoms with E-state index >= 15 is 0 Å². The van der Waals surface area contributed by atoms with Crippen LogP contribution in [0.1, 0.15) is 38.7 Å². The highest BCUT2D eigenvalue weighted by molar-refractivity contribution is 7.85. The summed E-state index contributed by atoms with van der Waals surface area (Å²) in [5.41, 5.74) is 0.266. The minimum atomic E-state index is -3.55. The lowest BCUT2D eigenvalue weighted by molar-refractivity contribution is -0.155. The Morgan fingerprint density at radius 2 is 1.76 bits per heavy atom. The summed E-state index contributed by atoms with van der Waals surface area (Å²) in [5, 5.41) is 0. The highest BCUT2D eigenvalue weighted by Crippen LogP contribution is 2.22. The van der Waals surface area contributed by atoms with Crippen molar-refractivity contribution in [2.45, 2.75) is 38.7 Å². The molecule has 0 unspecified atom stereocenters. The van der Waals surface area contributed by atoms with Crippen LogP contribution >= 0.6 is 0 Å². The van der Waals surface area contributed by atoms with E-state index in [1.165, 1.54) is 0 Å². The van der Waals surface area contributed by atoms with Gasteiger partial charge < -0.3 is 4.74 Å². The van der Waals surface area contributed by atoms with E-state index in [0.29, 0.717) is 0 Å². The predicted octanol–water partition coefficient (Wildman–Crippen LogP) is 2.48. The molecule has 0 fully saturated rings. The summed E-state index contributed by atoms with van der Waals surface area (Å²) in [6.45, 7) is 5.28. The van der Waals surface area contributed by atoms with Crippen LogP contribution in [0.3, 0.4) is 0 Å². The molecule has 118 valence electrons. The van der Waals surface area contributed by atoms with Gasteiger partial charge in [0.25, 0.3) is 10.1 Å². The highest BCUT2D eigenvalue weighted by Gasteiger charge is 2.23.